The van der Waals surface area contributed by atoms with Gasteiger partial charge in [-0.2, -0.15) is 0 Å². The van der Waals surface area contributed by atoms with E-state index in [-0.39, 0.29) is 11.8 Å². The molecule has 1 aliphatic rings. The van der Waals surface area contributed by atoms with E-state index in [1.54, 1.807) is 0 Å². The van der Waals surface area contributed by atoms with E-state index in [9.17, 15) is 9.59 Å². The number of rotatable bonds is 7. The number of ether oxygens (including phenoxy) is 1. The van der Waals surface area contributed by atoms with Gasteiger partial charge in [0.1, 0.15) is 12.4 Å². The molecule has 0 spiro atoms. The zero-order chi connectivity index (χ0) is 22.3. The van der Waals surface area contributed by atoms with E-state index < -0.39 is 0 Å². The third kappa shape index (κ3) is 5.55. The number of amides is 2. The van der Waals surface area contributed by atoms with Gasteiger partial charge in [-0.3, -0.25) is 9.59 Å². The molecule has 0 unspecified atom stereocenters. The summed E-state index contributed by atoms with van der Waals surface area (Å²) in [5.74, 6) is 0.753. The van der Waals surface area contributed by atoms with Crippen LogP contribution in [0.3, 0.4) is 0 Å². The average Bonchev–Trinajstić information content (AvgIpc) is 3.33. The van der Waals surface area contributed by atoms with Gasteiger partial charge in [0.2, 0.25) is 0 Å². The van der Waals surface area contributed by atoms with Gasteiger partial charge in [0.25, 0.3) is 11.8 Å². The molecule has 0 aliphatic carbocycles. The van der Waals surface area contributed by atoms with Crippen LogP contribution in [0, 0.1) is 0 Å². The van der Waals surface area contributed by atoms with Gasteiger partial charge in [-0.25, -0.2) is 0 Å². The molecule has 32 heavy (non-hydrogen) atoms. The fraction of sp³-hybridized carbons (Fsp3) is 0.280. The summed E-state index contributed by atoms with van der Waals surface area (Å²) in [5.41, 5.74) is 1.70. The number of benzene rings is 2. The maximum absolute atomic E-state index is 12.7. The number of nitrogens with one attached hydrogen (secondary N) is 1. The first kappa shape index (κ1) is 22.0. The summed E-state index contributed by atoms with van der Waals surface area (Å²) in [6.45, 7) is 4.18. The van der Waals surface area contributed by atoms with Crippen molar-refractivity contribution in [2.75, 3.05) is 46.4 Å². The van der Waals surface area contributed by atoms with E-state index in [2.05, 4.69) is 17.3 Å². The second-order valence-corrected chi connectivity index (χ2v) is 8.84. The Balaban J connectivity index is 1.29. The molecule has 4 rings (SSSR count). The van der Waals surface area contributed by atoms with Crippen LogP contribution in [0.15, 0.2) is 66.7 Å². The normalized spacial score (nSPS) is 14.2. The summed E-state index contributed by atoms with van der Waals surface area (Å²) in [5, 5.41) is 2.89. The van der Waals surface area contributed by atoms with Crippen LogP contribution in [0.5, 0.6) is 5.75 Å². The predicted molar refractivity (Wildman–Crippen MR) is 127 cm³/mol. The van der Waals surface area contributed by atoms with E-state index >= 15 is 0 Å². The molecule has 3 aromatic rings. The second-order valence-electron chi connectivity index (χ2n) is 7.75. The molecule has 0 bridgehead atoms. The van der Waals surface area contributed by atoms with Crippen molar-refractivity contribution in [1.82, 2.24) is 15.1 Å². The maximum Gasteiger partial charge on any atom is 0.261 e. The molecule has 2 aromatic carbocycles. The highest BCUT2D eigenvalue weighted by Gasteiger charge is 2.20. The minimum absolute atomic E-state index is 0.0774. The maximum atomic E-state index is 12.7. The number of hydrogen-bond donors (Lipinski definition) is 1. The van der Waals surface area contributed by atoms with Gasteiger partial charge in [-0.15, -0.1) is 11.3 Å². The van der Waals surface area contributed by atoms with E-state index in [1.165, 1.54) is 11.3 Å². The van der Waals surface area contributed by atoms with Crippen LogP contribution in [0.25, 0.3) is 10.4 Å². The molecular formula is C25H27N3O3S. The Hall–Kier alpha value is -3.16. The number of hydrogen-bond acceptors (Lipinski definition) is 5. The first-order valence-corrected chi connectivity index (χ1v) is 11.6. The Bertz CT molecular complexity index is 1040. The van der Waals surface area contributed by atoms with Crippen molar-refractivity contribution in [1.29, 1.82) is 0 Å². The lowest BCUT2D eigenvalue weighted by Gasteiger charge is -2.32. The van der Waals surface area contributed by atoms with Crippen LogP contribution < -0.4 is 10.1 Å². The number of thiophene rings is 1. The van der Waals surface area contributed by atoms with Crippen molar-refractivity contribution in [2.24, 2.45) is 0 Å². The summed E-state index contributed by atoms with van der Waals surface area (Å²) in [4.78, 5) is 30.9. The standard InChI is InChI=1S/C25H27N3O3S/c1-27-14-16-28(17-15-27)25(30)20-9-7-19(8-10-20)22-11-12-23(32-22)24(29)26-13-18-31-21-5-3-2-4-6-21/h2-12H,13-18H2,1H3,(H,26,29). The van der Waals surface area contributed by atoms with Crippen molar-refractivity contribution in [3.05, 3.63) is 77.2 Å². The molecule has 1 aliphatic heterocycles. The van der Waals surface area contributed by atoms with Gasteiger partial charge in [0, 0.05) is 36.6 Å². The van der Waals surface area contributed by atoms with Gasteiger partial charge in [0.05, 0.1) is 11.4 Å². The number of piperazine rings is 1. The van der Waals surface area contributed by atoms with Gasteiger partial charge in [-0.1, -0.05) is 30.3 Å². The quantitative estimate of drug-likeness (QED) is 0.560. The van der Waals surface area contributed by atoms with Crippen LogP contribution in [0.4, 0.5) is 0 Å². The van der Waals surface area contributed by atoms with Crippen LogP contribution in [0.1, 0.15) is 20.0 Å². The zero-order valence-electron chi connectivity index (χ0n) is 18.1. The lowest BCUT2D eigenvalue weighted by atomic mass is 10.1. The molecule has 1 aromatic heterocycles. The molecule has 0 atom stereocenters. The fourth-order valence-electron chi connectivity index (χ4n) is 3.52. The number of nitrogens with zero attached hydrogens (tertiary/aromatic N) is 2. The average molecular weight is 450 g/mol. The fourth-order valence-corrected chi connectivity index (χ4v) is 4.45. The molecule has 1 N–H and O–H groups in total. The molecule has 1 saturated heterocycles. The van der Waals surface area contributed by atoms with Crippen LogP contribution in [-0.2, 0) is 0 Å². The molecule has 2 amide bonds. The Morgan fingerprint density at radius 3 is 2.38 bits per heavy atom. The number of carbonyl (C=O) groups is 2. The molecule has 1 fully saturated rings. The summed E-state index contributed by atoms with van der Waals surface area (Å²) < 4.78 is 5.60. The summed E-state index contributed by atoms with van der Waals surface area (Å²) >= 11 is 1.44. The minimum Gasteiger partial charge on any atom is -0.492 e. The van der Waals surface area contributed by atoms with E-state index in [1.807, 2.05) is 71.6 Å². The molecule has 166 valence electrons. The zero-order valence-corrected chi connectivity index (χ0v) is 18.9. The molecular weight excluding hydrogens is 422 g/mol. The van der Waals surface area contributed by atoms with Gasteiger partial charge >= 0.3 is 0 Å². The second kappa shape index (κ2) is 10.4. The topological polar surface area (TPSA) is 61.9 Å². The Labute approximate surface area is 192 Å². The highest BCUT2D eigenvalue weighted by molar-refractivity contribution is 7.17. The Morgan fingerprint density at radius 1 is 0.938 bits per heavy atom. The summed E-state index contributed by atoms with van der Waals surface area (Å²) in [6.07, 6.45) is 0. The molecule has 2 heterocycles. The highest BCUT2D eigenvalue weighted by atomic mass is 32.1. The number of carbonyl (C=O) groups excluding carboxylic acids is 2. The smallest absolute Gasteiger partial charge is 0.261 e. The SMILES string of the molecule is CN1CCN(C(=O)c2ccc(-c3ccc(C(=O)NCCOc4ccccc4)s3)cc2)CC1. The predicted octanol–water partition coefficient (Wildman–Crippen LogP) is 3.61. The van der Waals surface area contributed by atoms with Crippen molar-refractivity contribution in [3.63, 3.8) is 0 Å². The largest absolute Gasteiger partial charge is 0.492 e. The van der Waals surface area contributed by atoms with Crippen LogP contribution in [-0.4, -0.2) is 68.0 Å². The highest BCUT2D eigenvalue weighted by Crippen LogP contribution is 2.28. The van der Waals surface area contributed by atoms with Crippen molar-refractivity contribution in [3.8, 4) is 16.2 Å². The van der Waals surface area contributed by atoms with Gasteiger partial charge < -0.3 is 19.9 Å². The van der Waals surface area contributed by atoms with Crippen LogP contribution >= 0.6 is 11.3 Å². The third-order valence-electron chi connectivity index (χ3n) is 5.44. The van der Waals surface area contributed by atoms with E-state index in [0.29, 0.717) is 23.6 Å². The van der Waals surface area contributed by atoms with Crippen molar-refractivity contribution < 1.29 is 14.3 Å². The van der Waals surface area contributed by atoms with E-state index in [0.717, 1.165) is 42.4 Å². The third-order valence-corrected chi connectivity index (χ3v) is 6.57. The first-order chi connectivity index (χ1) is 15.6. The van der Waals surface area contributed by atoms with Gasteiger partial charge in [0.15, 0.2) is 0 Å². The van der Waals surface area contributed by atoms with E-state index in [4.69, 9.17) is 4.74 Å². The minimum atomic E-state index is -0.111. The molecule has 0 saturated carbocycles. The molecule has 7 heteroatoms. The van der Waals surface area contributed by atoms with Crippen molar-refractivity contribution >= 4 is 23.2 Å². The number of para-hydroxylation sites is 1. The summed E-state index contributed by atoms with van der Waals surface area (Å²) in [7, 11) is 2.07. The first-order valence-electron chi connectivity index (χ1n) is 10.7. The lowest BCUT2D eigenvalue weighted by Crippen LogP contribution is -2.47. The Morgan fingerprint density at radius 2 is 1.66 bits per heavy atom. The summed E-state index contributed by atoms with van der Waals surface area (Å²) in [6, 6.07) is 20.9. The monoisotopic (exact) mass is 449 g/mol. The number of likely N-dealkylation sites (N-methyl/N-ethyl adjacent to an activating group) is 1. The lowest BCUT2D eigenvalue weighted by molar-refractivity contribution is 0.0664. The molecule has 6 nitrogen and oxygen atoms in total. The van der Waals surface area contributed by atoms with Crippen molar-refractivity contribution in [2.45, 2.75) is 0 Å². The van der Waals surface area contributed by atoms with Gasteiger partial charge in [-0.05, 0) is 49.0 Å². The Kier molecular flexibility index (Phi) is 7.19. The van der Waals surface area contributed by atoms with Crippen LogP contribution in [0.2, 0.25) is 0 Å². The molecule has 0 radical (unpaired) electrons.